The van der Waals surface area contributed by atoms with Crippen LogP contribution in [0.1, 0.15) is 31.1 Å². The van der Waals surface area contributed by atoms with E-state index in [1.54, 1.807) is 31.2 Å². The van der Waals surface area contributed by atoms with Crippen LogP contribution in [0.4, 0.5) is 5.69 Å². The first-order valence-electron chi connectivity index (χ1n) is 7.43. The number of hydrogen-bond donors (Lipinski definition) is 1. The quantitative estimate of drug-likeness (QED) is 0.536. The number of Topliss-reactive ketones (excluding diaryl/α,β-unsaturated/α-hetero) is 1. The molecule has 136 valence electrons. The molecule has 0 saturated heterocycles. The number of carbonyl (C=O) groups is 1. The summed E-state index contributed by atoms with van der Waals surface area (Å²) in [5, 5.41) is 8.08. The van der Waals surface area contributed by atoms with Crippen LogP contribution in [0.3, 0.4) is 0 Å². The van der Waals surface area contributed by atoms with Gasteiger partial charge in [-0.1, -0.05) is 16.9 Å². The maximum absolute atomic E-state index is 12.5. The molecule has 0 radical (unpaired) electrons. The average Bonchev–Trinajstić information content (AvgIpc) is 2.91. The molecule has 0 aliphatic heterocycles. The minimum absolute atomic E-state index is 0.0175. The number of benzene rings is 1. The number of rotatable bonds is 8. The molecule has 1 aromatic heterocycles. The zero-order chi connectivity index (χ0) is 18.6. The number of thioether (sulfide) groups is 1. The molecule has 0 amide bonds. The van der Waals surface area contributed by atoms with Crippen molar-refractivity contribution >= 4 is 44.6 Å². The maximum Gasteiger partial charge on any atom is 0.295 e. The number of nitrogens with zero attached hydrogens (tertiary/aromatic N) is 2. The van der Waals surface area contributed by atoms with Gasteiger partial charge in [-0.3, -0.25) is 9.52 Å². The third kappa shape index (κ3) is 6.29. The average molecular weight is 402 g/mol. The van der Waals surface area contributed by atoms with Gasteiger partial charge >= 0.3 is 0 Å². The number of ether oxygens (including phenoxy) is 1. The number of hydrogen-bond acceptors (Lipinski definition) is 8. The highest BCUT2D eigenvalue weighted by Gasteiger charge is 2.19. The van der Waals surface area contributed by atoms with E-state index in [1.807, 2.05) is 13.8 Å². The van der Waals surface area contributed by atoms with Crippen LogP contribution in [0, 0.1) is 0 Å². The van der Waals surface area contributed by atoms with Crippen molar-refractivity contribution in [2.75, 3.05) is 11.0 Å². The first kappa shape index (κ1) is 19.7. The molecule has 0 spiro atoms. The Bertz CT molecular complexity index is 832. The van der Waals surface area contributed by atoms with Crippen molar-refractivity contribution in [1.29, 1.82) is 0 Å². The summed E-state index contributed by atoms with van der Waals surface area (Å²) in [6.07, 6.45) is 1.09. The predicted molar refractivity (Wildman–Crippen MR) is 100 cm³/mol. The second kappa shape index (κ2) is 8.15. The maximum atomic E-state index is 12.5. The molecule has 0 aliphatic rings. The summed E-state index contributed by atoms with van der Waals surface area (Å²) in [5.41, 5.74) is 0.918. The number of sulfonamides is 1. The Balaban J connectivity index is 2.00. The zero-order valence-electron chi connectivity index (χ0n) is 14.2. The summed E-state index contributed by atoms with van der Waals surface area (Å²) < 4.78 is 30.9. The molecular weight excluding hydrogens is 382 g/mol. The van der Waals surface area contributed by atoms with Gasteiger partial charge in [-0.2, -0.15) is 0 Å². The Hall–Kier alpha value is -1.65. The topological polar surface area (TPSA) is 98.2 Å². The van der Waals surface area contributed by atoms with Gasteiger partial charge in [0.1, 0.15) is 0 Å². The summed E-state index contributed by atoms with van der Waals surface area (Å²) in [4.78, 5) is 12.5. The Morgan fingerprint density at radius 2 is 1.84 bits per heavy atom. The Morgan fingerprint density at radius 1 is 1.20 bits per heavy atom. The molecule has 1 unspecified atom stereocenters. The van der Waals surface area contributed by atoms with Gasteiger partial charge in [-0.15, -0.1) is 5.10 Å². The van der Waals surface area contributed by atoms with Crippen molar-refractivity contribution in [3.63, 3.8) is 0 Å². The van der Waals surface area contributed by atoms with E-state index in [-0.39, 0.29) is 17.1 Å². The fourth-order valence-corrected chi connectivity index (χ4v) is 4.44. The second-order valence-electron chi connectivity index (χ2n) is 5.58. The van der Waals surface area contributed by atoms with Gasteiger partial charge in [0.05, 0.1) is 17.6 Å². The van der Waals surface area contributed by atoms with Crippen LogP contribution in [0.5, 0.6) is 5.19 Å². The largest absolute Gasteiger partial charge is 0.466 e. The van der Waals surface area contributed by atoms with E-state index in [0.29, 0.717) is 20.8 Å². The summed E-state index contributed by atoms with van der Waals surface area (Å²) in [5.74, 6) is -0.0718. The van der Waals surface area contributed by atoms with Gasteiger partial charge < -0.3 is 4.74 Å². The highest BCUT2D eigenvalue weighted by Crippen LogP contribution is 2.31. The lowest BCUT2D eigenvalue weighted by molar-refractivity contribution is 0.0994. The normalized spacial score (nSPS) is 12.8. The Labute approximate surface area is 155 Å². The monoisotopic (exact) mass is 401 g/mol. The van der Waals surface area contributed by atoms with Gasteiger partial charge in [-0.25, -0.2) is 8.42 Å². The van der Waals surface area contributed by atoms with Crippen molar-refractivity contribution in [2.24, 2.45) is 0 Å². The molecule has 2 rings (SSSR count). The van der Waals surface area contributed by atoms with Gasteiger partial charge in [0.15, 0.2) is 10.1 Å². The van der Waals surface area contributed by atoms with Crippen LogP contribution in [-0.4, -0.2) is 42.0 Å². The fourth-order valence-electron chi connectivity index (χ4n) is 1.85. The molecule has 1 aromatic carbocycles. The lowest BCUT2D eigenvalue weighted by Gasteiger charge is -2.09. The van der Waals surface area contributed by atoms with E-state index in [9.17, 15) is 13.2 Å². The number of carbonyl (C=O) groups excluding carboxylic acids is 1. The van der Waals surface area contributed by atoms with Crippen LogP contribution < -0.4 is 9.46 Å². The van der Waals surface area contributed by atoms with Gasteiger partial charge in [0.2, 0.25) is 10.0 Å². The van der Waals surface area contributed by atoms with E-state index >= 15 is 0 Å². The van der Waals surface area contributed by atoms with Crippen LogP contribution in [0.15, 0.2) is 28.6 Å². The summed E-state index contributed by atoms with van der Waals surface area (Å²) in [6, 6.07) is 6.32. The van der Waals surface area contributed by atoms with Crippen LogP contribution >= 0.6 is 23.1 Å². The zero-order valence-corrected chi connectivity index (χ0v) is 16.7. The molecule has 7 nitrogen and oxygen atoms in total. The van der Waals surface area contributed by atoms with Crippen LogP contribution in [0.25, 0.3) is 0 Å². The molecule has 1 atom stereocenters. The smallest absolute Gasteiger partial charge is 0.295 e. The molecule has 10 heteroatoms. The van der Waals surface area contributed by atoms with Crippen molar-refractivity contribution in [3.8, 4) is 5.19 Å². The highest BCUT2D eigenvalue weighted by atomic mass is 32.2. The van der Waals surface area contributed by atoms with Gasteiger partial charge in [0, 0.05) is 11.3 Å². The SMILES string of the molecule is CC(C)Oc1nnc(SC(C)C(=O)c2ccc(NS(C)(=O)=O)cc2)s1. The van der Waals surface area contributed by atoms with Crippen molar-refractivity contribution in [1.82, 2.24) is 10.2 Å². The first-order chi connectivity index (χ1) is 11.6. The number of anilines is 1. The molecular formula is C15H19N3O4S3. The number of aromatic nitrogens is 2. The van der Waals surface area contributed by atoms with Crippen LogP contribution in [0.2, 0.25) is 0 Å². The van der Waals surface area contributed by atoms with Crippen molar-refractivity contribution in [2.45, 2.75) is 36.5 Å². The minimum Gasteiger partial charge on any atom is -0.466 e. The second-order valence-corrected chi connectivity index (χ2v) is 9.85. The number of ketones is 1. The lowest BCUT2D eigenvalue weighted by atomic mass is 10.1. The summed E-state index contributed by atoms with van der Waals surface area (Å²) in [7, 11) is -3.34. The molecule has 0 aliphatic carbocycles. The van der Waals surface area contributed by atoms with Gasteiger partial charge in [0.25, 0.3) is 5.19 Å². The molecule has 25 heavy (non-hydrogen) atoms. The Morgan fingerprint density at radius 3 is 2.40 bits per heavy atom. The third-order valence-electron chi connectivity index (χ3n) is 2.84. The van der Waals surface area contributed by atoms with E-state index in [4.69, 9.17) is 4.74 Å². The first-order valence-corrected chi connectivity index (χ1v) is 11.0. The van der Waals surface area contributed by atoms with E-state index < -0.39 is 10.0 Å². The van der Waals surface area contributed by atoms with E-state index in [2.05, 4.69) is 14.9 Å². The molecule has 0 bridgehead atoms. The standard InChI is InChI=1S/C15H19N3O4S3/c1-9(2)22-14-16-17-15(24-14)23-10(3)13(19)11-5-7-12(8-6-11)18-25(4,20)21/h5-10,18H,1-4H3. The summed E-state index contributed by atoms with van der Waals surface area (Å²) in [6.45, 7) is 5.60. The third-order valence-corrected chi connectivity index (χ3v) is 5.45. The van der Waals surface area contributed by atoms with Crippen molar-refractivity contribution < 1.29 is 17.9 Å². The Kier molecular flexibility index (Phi) is 6.42. The fraction of sp³-hybridized carbons (Fsp3) is 0.400. The van der Waals surface area contributed by atoms with E-state index in [1.165, 1.54) is 23.1 Å². The van der Waals surface area contributed by atoms with Crippen LogP contribution in [-0.2, 0) is 10.0 Å². The molecule has 0 fully saturated rings. The van der Waals surface area contributed by atoms with Gasteiger partial charge in [-0.05, 0) is 56.4 Å². The number of nitrogens with one attached hydrogen (secondary N) is 1. The lowest BCUT2D eigenvalue weighted by Crippen LogP contribution is -2.14. The van der Waals surface area contributed by atoms with E-state index in [0.717, 1.165) is 6.26 Å². The molecule has 1 heterocycles. The molecule has 1 N–H and O–H groups in total. The predicted octanol–water partition coefficient (Wildman–Crippen LogP) is 3.06. The summed E-state index contributed by atoms with van der Waals surface area (Å²) >= 11 is 2.61. The molecule has 2 aromatic rings. The minimum atomic E-state index is -3.34. The highest BCUT2D eigenvalue weighted by molar-refractivity contribution is 8.02. The van der Waals surface area contributed by atoms with Crippen molar-refractivity contribution in [3.05, 3.63) is 29.8 Å². The molecule has 0 saturated carbocycles.